The van der Waals surface area contributed by atoms with Gasteiger partial charge in [0, 0.05) is 29.3 Å². The summed E-state index contributed by atoms with van der Waals surface area (Å²) in [5.74, 6) is 0.959. The Morgan fingerprint density at radius 1 is 1.14 bits per heavy atom. The van der Waals surface area contributed by atoms with Crippen LogP contribution in [-0.2, 0) is 13.0 Å². The number of non-ortho nitro benzene ring substituents is 1. The molecule has 0 bridgehead atoms. The van der Waals surface area contributed by atoms with E-state index < -0.39 is 0 Å². The molecule has 0 heterocycles. The van der Waals surface area contributed by atoms with Crippen LogP contribution in [0.15, 0.2) is 53.4 Å². The fourth-order valence-electron chi connectivity index (χ4n) is 2.02. The zero-order valence-corrected chi connectivity index (χ0v) is 12.7. The van der Waals surface area contributed by atoms with E-state index >= 15 is 0 Å². The number of nitro benzene ring substituents is 1. The third-order valence-corrected chi connectivity index (χ3v) is 4.08. The van der Waals surface area contributed by atoms with Gasteiger partial charge in [0.15, 0.2) is 0 Å². The Labute approximate surface area is 128 Å². The molecule has 5 heteroatoms. The number of hydrogen-bond acceptors (Lipinski definition) is 4. The molecule has 21 heavy (non-hydrogen) atoms. The van der Waals surface area contributed by atoms with Gasteiger partial charge in [0.05, 0.1) is 4.92 Å². The van der Waals surface area contributed by atoms with Crippen molar-refractivity contribution in [2.45, 2.75) is 17.9 Å². The van der Waals surface area contributed by atoms with Gasteiger partial charge in [-0.15, -0.1) is 11.8 Å². The van der Waals surface area contributed by atoms with Crippen LogP contribution in [0.4, 0.5) is 5.69 Å². The molecule has 0 unspecified atom stereocenters. The van der Waals surface area contributed by atoms with Crippen LogP contribution in [0.1, 0.15) is 11.1 Å². The summed E-state index contributed by atoms with van der Waals surface area (Å²) in [7, 11) is 1.94. The van der Waals surface area contributed by atoms with Gasteiger partial charge in [-0.05, 0) is 36.7 Å². The van der Waals surface area contributed by atoms with Crippen LogP contribution in [0.3, 0.4) is 0 Å². The lowest BCUT2D eigenvalue weighted by Crippen LogP contribution is -2.04. The summed E-state index contributed by atoms with van der Waals surface area (Å²) in [6.45, 7) is 0.872. The quantitative estimate of drug-likeness (QED) is 0.482. The molecule has 1 N–H and O–H groups in total. The minimum atomic E-state index is -0.369. The summed E-state index contributed by atoms with van der Waals surface area (Å²) < 4.78 is 0. The number of thioether (sulfide) groups is 1. The van der Waals surface area contributed by atoms with Crippen LogP contribution in [0, 0.1) is 10.1 Å². The smallest absolute Gasteiger partial charge is 0.269 e. The summed E-state index contributed by atoms with van der Waals surface area (Å²) in [4.78, 5) is 11.5. The van der Waals surface area contributed by atoms with Crippen molar-refractivity contribution in [3.63, 3.8) is 0 Å². The van der Waals surface area contributed by atoms with Gasteiger partial charge in [-0.3, -0.25) is 10.1 Å². The molecule has 0 spiro atoms. The largest absolute Gasteiger partial charge is 0.316 e. The minimum absolute atomic E-state index is 0.145. The monoisotopic (exact) mass is 302 g/mol. The lowest BCUT2D eigenvalue weighted by molar-refractivity contribution is -0.384. The van der Waals surface area contributed by atoms with Crippen LogP contribution in [0.25, 0.3) is 0 Å². The Bertz CT molecular complexity index is 599. The first-order valence-corrected chi connectivity index (χ1v) is 7.77. The number of nitrogens with one attached hydrogen (secondary N) is 1. The van der Waals surface area contributed by atoms with Crippen molar-refractivity contribution in [2.24, 2.45) is 0 Å². The van der Waals surface area contributed by atoms with Gasteiger partial charge < -0.3 is 5.32 Å². The van der Waals surface area contributed by atoms with Gasteiger partial charge in [0.25, 0.3) is 5.69 Å². The molecule has 0 atom stereocenters. The van der Waals surface area contributed by atoms with Crippen molar-refractivity contribution in [1.29, 1.82) is 0 Å². The average molecular weight is 302 g/mol. The van der Waals surface area contributed by atoms with Crippen LogP contribution < -0.4 is 5.32 Å². The maximum absolute atomic E-state index is 10.6. The molecule has 4 nitrogen and oxygen atoms in total. The van der Waals surface area contributed by atoms with E-state index in [1.807, 2.05) is 19.2 Å². The van der Waals surface area contributed by atoms with Crippen LogP contribution >= 0.6 is 11.8 Å². The molecule has 2 rings (SSSR count). The average Bonchev–Trinajstić information content (AvgIpc) is 2.48. The van der Waals surface area contributed by atoms with E-state index in [0.29, 0.717) is 0 Å². The summed E-state index contributed by atoms with van der Waals surface area (Å²) in [6.07, 6.45) is 0.902. The van der Waals surface area contributed by atoms with Crippen LogP contribution in [-0.4, -0.2) is 17.7 Å². The lowest BCUT2D eigenvalue weighted by Gasteiger charge is -2.05. The Morgan fingerprint density at radius 2 is 1.90 bits per heavy atom. The van der Waals surface area contributed by atoms with Crippen molar-refractivity contribution in [2.75, 3.05) is 12.8 Å². The Balaban J connectivity index is 1.86. The number of nitrogens with zero attached hydrogens (tertiary/aromatic N) is 1. The molecule has 2 aromatic carbocycles. The molecule has 2 aromatic rings. The topological polar surface area (TPSA) is 55.2 Å². The lowest BCUT2D eigenvalue weighted by atomic mass is 10.1. The van der Waals surface area contributed by atoms with Gasteiger partial charge >= 0.3 is 0 Å². The molecule has 0 saturated carbocycles. The first-order valence-electron chi connectivity index (χ1n) is 6.78. The van der Waals surface area contributed by atoms with Crippen molar-refractivity contribution >= 4 is 17.4 Å². The highest BCUT2D eigenvalue weighted by atomic mass is 32.2. The van der Waals surface area contributed by atoms with Gasteiger partial charge in [-0.1, -0.05) is 24.3 Å². The van der Waals surface area contributed by atoms with Gasteiger partial charge in [-0.25, -0.2) is 0 Å². The molecule has 0 aliphatic heterocycles. The number of hydrogen-bond donors (Lipinski definition) is 1. The van der Waals surface area contributed by atoms with E-state index in [1.54, 1.807) is 23.9 Å². The minimum Gasteiger partial charge on any atom is -0.316 e. The predicted octanol–water partition coefficient (Wildman–Crippen LogP) is 3.65. The Kier molecular flexibility index (Phi) is 5.78. The maximum Gasteiger partial charge on any atom is 0.269 e. The number of benzene rings is 2. The second kappa shape index (κ2) is 7.81. The molecule has 110 valence electrons. The number of nitro groups is 1. The molecular formula is C16H18N2O2S. The molecule has 0 fully saturated rings. The van der Waals surface area contributed by atoms with E-state index in [9.17, 15) is 10.1 Å². The van der Waals surface area contributed by atoms with Gasteiger partial charge in [0.1, 0.15) is 0 Å². The van der Waals surface area contributed by atoms with E-state index in [4.69, 9.17) is 0 Å². The zero-order valence-electron chi connectivity index (χ0n) is 11.9. The fourth-order valence-corrected chi connectivity index (χ4v) is 3.00. The van der Waals surface area contributed by atoms with E-state index in [0.717, 1.165) is 24.3 Å². The number of rotatable bonds is 7. The normalized spacial score (nSPS) is 10.5. The van der Waals surface area contributed by atoms with E-state index in [-0.39, 0.29) is 10.6 Å². The van der Waals surface area contributed by atoms with Gasteiger partial charge in [-0.2, -0.15) is 0 Å². The van der Waals surface area contributed by atoms with E-state index in [1.165, 1.54) is 10.5 Å². The Hall–Kier alpha value is -1.85. The standard InChI is InChI=1S/C16H18N2O2S/c1-17-12-14-3-2-4-16(11-14)21-10-9-13-5-7-15(8-6-13)18(19)20/h2-8,11,17H,9-10,12H2,1H3. The summed E-state index contributed by atoms with van der Waals surface area (Å²) in [5.41, 5.74) is 2.54. The summed E-state index contributed by atoms with van der Waals surface area (Å²) in [5, 5.41) is 13.7. The SMILES string of the molecule is CNCc1cccc(SCCc2ccc([N+](=O)[O-])cc2)c1. The molecule has 0 radical (unpaired) electrons. The predicted molar refractivity (Wildman–Crippen MR) is 86.7 cm³/mol. The van der Waals surface area contributed by atoms with Crippen LogP contribution in [0.5, 0.6) is 0 Å². The van der Waals surface area contributed by atoms with Gasteiger partial charge in [0.2, 0.25) is 0 Å². The summed E-state index contributed by atoms with van der Waals surface area (Å²) in [6, 6.07) is 15.3. The van der Waals surface area contributed by atoms with Crippen molar-refractivity contribution in [1.82, 2.24) is 5.32 Å². The summed E-state index contributed by atoms with van der Waals surface area (Å²) >= 11 is 1.80. The third-order valence-electron chi connectivity index (χ3n) is 3.09. The fraction of sp³-hybridized carbons (Fsp3) is 0.250. The first kappa shape index (κ1) is 15.5. The second-order valence-corrected chi connectivity index (χ2v) is 5.87. The molecule has 0 saturated heterocycles. The Morgan fingerprint density at radius 3 is 2.57 bits per heavy atom. The molecule has 0 aliphatic carbocycles. The molecule has 0 amide bonds. The highest BCUT2D eigenvalue weighted by Crippen LogP contribution is 2.21. The molecule has 0 aromatic heterocycles. The zero-order chi connectivity index (χ0) is 15.1. The van der Waals surface area contributed by atoms with E-state index in [2.05, 4.69) is 29.6 Å². The van der Waals surface area contributed by atoms with Crippen molar-refractivity contribution < 1.29 is 4.92 Å². The maximum atomic E-state index is 10.6. The highest BCUT2D eigenvalue weighted by molar-refractivity contribution is 7.99. The molecular weight excluding hydrogens is 284 g/mol. The second-order valence-electron chi connectivity index (χ2n) is 4.70. The first-order chi connectivity index (χ1) is 10.2. The number of aryl methyl sites for hydroxylation is 1. The third kappa shape index (κ3) is 4.88. The van der Waals surface area contributed by atoms with Crippen LogP contribution in [0.2, 0.25) is 0 Å². The van der Waals surface area contributed by atoms with Crippen molar-refractivity contribution in [3.05, 3.63) is 69.8 Å². The highest BCUT2D eigenvalue weighted by Gasteiger charge is 2.04. The van der Waals surface area contributed by atoms with Crippen molar-refractivity contribution in [3.8, 4) is 0 Å². The molecule has 0 aliphatic rings.